The summed E-state index contributed by atoms with van der Waals surface area (Å²) in [5, 5.41) is 14.6. The van der Waals surface area contributed by atoms with E-state index in [9.17, 15) is 5.11 Å². The minimum atomic E-state index is -0.366. The molecule has 0 aromatic carbocycles. The topological polar surface area (TPSA) is 38.0 Å². The van der Waals surface area contributed by atoms with E-state index < -0.39 is 0 Å². The van der Waals surface area contributed by atoms with Crippen molar-refractivity contribution in [3.05, 3.63) is 17.5 Å². The molecule has 1 unspecified atom stereocenters. The van der Waals surface area contributed by atoms with Crippen molar-refractivity contribution in [3.63, 3.8) is 0 Å². The van der Waals surface area contributed by atoms with Gasteiger partial charge in [0, 0.05) is 6.54 Å². The fourth-order valence-electron chi connectivity index (χ4n) is 1.82. The highest BCUT2D eigenvalue weighted by Gasteiger charge is 2.14. The van der Waals surface area contributed by atoms with E-state index in [1.165, 1.54) is 0 Å². The fourth-order valence-corrected chi connectivity index (χ4v) is 1.82. The van der Waals surface area contributed by atoms with Crippen molar-refractivity contribution >= 4 is 0 Å². The van der Waals surface area contributed by atoms with Gasteiger partial charge in [-0.25, -0.2) is 0 Å². The zero-order chi connectivity index (χ0) is 12.1. The summed E-state index contributed by atoms with van der Waals surface area (Å²) >= 11 is 0. The Morgan fingerprint density at radius 2 is 2.00 bits per heavy atom. The van der Waals surface area contributed by atoms with Crippen LogP contribution in [0.5, 0.6) is 0 Å². The molecule has 0 saturated carbocycles. The molecular formula is C13H24N2O. The standard InChI is InChI=1S/C13H24N2O/c1-5-11-9-12(15(6-2)14-11)13(16)8-7-10(3)4/h9-10,13,16H,5-8H2,1-4H3. The summed E-state index contributed by atoms with van der Waals surface area (Å²) in [5.74, 6) is 0.637. The first-order valence-electron chi connectivity index (χ1n) is 6.33. The maximum atomic E-state index is 10.1. The maximum absolute atomic E-state index is 10.1. The molecule has 0 aliphatic rings. The summed E-state index contributed by atoms with van der Waals surface area (Å²) in [7, 11) is 0. The molecule has 0 radical (unpaired) electrons. The number of rotatable bonds is 6. The molecule has 16 heavy (non-hydrogen) atoms. The molecule has 0 aliphatic heterocycles. The summed E-state index contributed by atoms with van der Waals surface area (Å²) in [5.41, 5.74) is 2.04. The largest absolute Gasteiger partial charge is 0.387 e. The zero-order valence-corrected chi connectivity index (χ0v) is 10.9. The molecule has 1 rings (SSSR count). The van der Waals surface area contributed by atoms with Gasteiger partial charge in [-0.2, -0.15) is 5.10 Å². The Morgan fingerprint density at radius 3 is 2.50 bits per heavy atom. The summed E-state index contributed by atoms with van der Waals surface area (Å²) in [6.45, 7) is 9.34. The highest BCUT2D eigenvalue weighted by Crippen LogP contribution is 2.21. The predicted octanol–water partition coefficient (Wildman–Crippen LogP) is 2.94. The smallest absolute Gasteiger partial charge is 0.0956 e. The first-order valence-corrected chi connectivity index (χ1v) is 6.33. The van der Waals surface area contributed by atoms with Gasteiger partial charge in [0.25, 0.3) is 0 Å². The van der Waals surface area contributed by atoms with Crippen LogP contribution in [0.2, 0.25) is 0 Å². The van der Waals surface area contributed by atoms with Crippen molar-refractivity contribution in [1.29, 1.82) is 0 Å². The number of hydrogen-bond donors (Lipinski definition) is 1. The third-order valence-electron chi connectivity index (χ3n) is 2.88. The van der Waals surface area contributed by atoms with Crippen molar-refractivity contribution in [1.82, 2.24) is 9.78 Å². The lowest BCUT2D eigenvalue weighted by molar-refractivity contribution is 0.148. The van der Waals surface area contributed by atoms with E-state index in [0.29, 0.717) is 5.92 Å². The van der Waals surface area contributed by atoms with Gasteiger partial charge in [0.2, 0.25) is 0 Å². The van der Waals surface area contributed by atoms with E-state index >= 15 is 0 Å². The van der Waals surface area contributed by atoms with Crippen LogP contribution in [-0.4, -0.2) is 14.9 Å². The second kappa shape index (κ2) is 6.04. The van der Waals surface area contributed by atoms with Crippen LogP contribution in [0.1, 0.15) is 58.0 Å². The Kier molecular flexibility index (Phi) is 5.00. The van der Waals surface area contributed by atoms with Crippen molar-refractivity contribution in [2.75, 3.05) is 0 Å². The van der Waals surface area contributed by atoms with E-state index in [1.807, 2.05) is 10.7 Å². The van der Waals surface area contributed by atoms with Crippen LogP contribution in [0.4, 0.5) is 0 Å². The van der Waals surface area contributed by atoms with E-state index in [1.54, 1.807) is 0 Å². The van der Waals surface area contributed by atoms with Gasteiger partial charge >= 0.3 is 0 Å². The maximum Gasteiger partial charge on any atom is 0.0956 e. The average molecular weight is 224 g/mol. The first-order chi connectivity index (χ1) is 7.58. The molecule has 1 N–H and O–H groups in total. The van der Waals surface area contributed by atoms with Gasteiger partial charge in [0.15, 0.2) is 0 Å². The van der Waals surface area contributed by atoms with Gasteiger partial charge in [0.1, 0.15) is 0 Å². The van der Waals surface area contributed by atoms with Gasteiger partial charge in [-0.1, -0.05) is 20.8 Å². The van der Waals surface area contributed by atoms with E-state index in [2.05, 4.69) is 32.8 Å². The zero-order valence-electron chi connectivity index (χ0n) is 10.9. The second-order valence-electron chi connectivity index (χ2n) is 4.72. The van der Waals surface area contributed by atoms with Gasteiger partial charge in [-0.3, -0.25) is 4.68 Å². The average Bonchev–Trinajstić information content (AvgIpc) is 2.68. The molecule has 0 fully saturated rings. The van der Waals surface area contributed by atoms with Crippen LogP contribution < -0.4 is 0 Å². The molecule has 0 bridgehead atoms. The van der Waals surface area contributed by atoms with Crippen molar-refractivity contribution < 1.29 is 5.11 Å². The quantitative estimate of drug-likeness (QED) is 0.806. The van der Waals surface area contributed by atoms with Gasteiger partial charge in [0.05, 0.1) is 17.5 Å². The number of nitrogens with zero attached hydrogens (tertiary/aromatic N) is 2. The van der Waals surface area contributed by atoms with Crippen molar-refractivity contribution in [2.45, 2.75) is 59.6 Å². The highest BCUT2D eigenvalue weighted by molar-refractivity contribution is 5.13. The normalized spacial score (nSPS) is 13.4. The Morgan fingerprint density at radius 1 is 1.31 bits per heavy atom. The monoisotopic (exact) mass is 224 g/mol. The molecule has 3 nitrogen and oxygen atoms in total. The first kappa shape index (κ1) is 13.2. The van der Waals surface area contributed by atoms with Gasteiger partial charge < -0.3 is 5.11 Å². The van der Waals surface area contributed by atoms with Crippen LogP contribution in [0.25, 0.3) is 0 Å². The fraction of sp³-hybridized carbons (Fsp3) is 0.769. The molecule has 0 saturated heterocycles. The molecule has 3 heteroatoms. The van der Waals surface area contributed by atoms with Gasteiger partial charge in [-0.15, -0.1) is 0 Å². The second-order valence-corrected chi connectivity index (χ2v) is 4.72. The van der Waals surface area contributed by atoms with E-state index in [-0.39, 0.29) is 6.10 Å². The SMILES string of the molecule is CCc1cc(C(O)CCC(C)C)n(CC)n1. The molecule has 1 atom stereocenters. The number of aliphatic hydroxyl groups is 1. The minimum absolute atomic E-state index is 0.366. The number of aromatic nitrogens is 2. The Hall–Kier alpha value is -0.830. The molecule has 1 aromatic rings. The lowest BCUT2D eigenvalue weighted by Gasteiger charge is -2.13. The number of aryl methyl sites for hydroxylation is 2. The predicted molar refractivity (Wildman–Crippen MR) is 66.3 cm³/mol. The minimum Gasteiger partial charge on any atom is -0.387 e. The Labute approximate surface area is 98.5 Å². The molecular weight excluding hydrogens is 200 g/mol. The van der Waals surface area contributed by atoms with Crippen molar-refractivity contribution in [2.24, 2.45) is 5.92 Å². The highest BCUT2D eigenvalue weighted by atomic mass is 16.3. The number of aliphatic hydroxyl groups excluding tert-OH is 1. The van der Waals surface area contributed by atoms with Gasteiger partial charge in [-0.05, 0) is 38.2 Å². The molecule has 92 valence electrons. The van der Waals surface area contributed by atoms with E-state index in [4.69, 9.17) is 0 Å². The van der Waals surface area contributed by atoms with Crippen LogP contribution in [0, 0.1) is 5.92 Å². The summed E-state index contributed by atoms with van der Waals surface area (Å²) in [6.07, 6.45) is 2.44. The Bertz CT molecular complexity index is 318. The third-order valence-corrected chi connectivity index (χ3v) is 2.88. The van der Waals surface area contributed by atoms with Crippen LogP contribution in [0.15, 0.2) is 6.07 Å². The molecule has 0 spiro atoms. The molecule has 1 aromatic heterocycles. The molecule has 0 amide bonds. The third kappa shape index (κ3) is 3.34. The lowest BCUT2D eigenvalue weighted by Crippen LogP contribution is -2.08. The lowest BCUT2D eigenvalue weighted by atomic mass is 10.0. The van der Waals surface area contributed by atoms with Crippen LogP contribution >= 0.6 is 0 Å². The van der Waals surface area contributed by atoms with E-state index in [0.717, 1.165) is 37.2 Å². The Balaban J connectivity index is 2.72. The number of hydrogen-bond acceptors (Lipinski definition) is 2. The summed E-state index contributed by atoms with van der Waals surface area (Å²) in [6, 6.07) is 2.04. The van der Waals surface area contributed by atoms with Crippen LogP contribution in [-0.2, 0) is 13.0 Å². The molecule has 0 aliphatic carbocycles. The summed E-state index contributed by atoms with van der Waals surface area (Å²) in [4.78, 5) is 0. The summed E-state index contributed by atoms with van der Waals surface area (Å²) < 4.78 is 1.92. The molecule has 1 heterocycles. The van der Waals surface area contributed by atoms with Crippen LogP contribution in [0.3, 0.4) is 0 Å². The van der Waals surface area contributed by atoms with Crippen molar-refractivity contribution in [3.8, 4) is 0 Å².